The van der Waals surface area contributed by atoms with Crippen LogP contribution in [0, 0.1) is 5.82 Å². The molecule has 3 aromatic carbocycles. The summed E-state index contributed by atoms with van der Waals surface area (Å²) >= 11 is 0. The molecule has 0 saturated carbocycles. The molecule has 2 N–H and O–H groups in total. The SMILES string of the molecule is CCc1ccc(NC(=O)N[C@H](c2ccc(F)cc2)c2nnc(-c3ccccc3)o2)cc1. The van der Waals surface area contributed by atoms with Crippen LogP contribution >= 0.6 is 0 Å². The van der Waals surface area contributed by atoms with E-state index in [2.05, 4.69) is 27.8 Å². The third kappa shape index (κ3) is 4.95. The highest BCUT2D eigenvalue weighted by molar-refractivity contribution is 5.89. The highest BCUT2D eigenvalue weighted by Crippen LogP contribution is 2.25. The van der Waals surface area contributed by atoms with E-state index in [1.165, 1.54) is 17.7 Å². The van der Waals surface area contributed by atoms with Gasteiger partial charge in [0.1, 0.15) is 11.9 Å². The first kappa shape index (κ1) is 20.3. The minimum absolute atomic E-state index is 0.196. The Bertz CT molecular complexity index is 1140. The number of amides is 2. The first-order valence-electron chi connectivity index (χ1n) is 9.93. The number of aromatic nitrogens is 2. The number of hydrogen-bond donors (Lipinski definition) is 2. The Morgan fingerprint density at radius 2 is 1.68 bits per heavy atom. The van der Waals surface area contributed by atoms with E-state index in [0.29, 0.717) is 17.1 Å². The highest BCUT2D eigenvalue weighted by Gasteiger charge is 2.23. The standard InChI is InChI=1S/C24H21FN4O2/c1-2-16-8-14-20(15-9-16)26-24(30)27-21(17-10-12-19(25)13-11-17)23-29-28-22(31-23)18-6-4-3-5-7-18/h3-15,21H,2H2,1H3,(H2,26,27,30)/t21-/m1/s1. The van der Waals surface area contributed by atoms with Gasteiger partial charge in [-0.1, -0.05) is 49.4 Å². The van der Waals surface area contributed by atoms with Crippen molar-refractivity contribution in [2.24, 2.45) is 0 Å². The summed E-state index contributed by atoms with van der Waals surface area (Å²) in [7, 11) is 0. The summed E-state index contributed by atoms with van der Waals surface area (Å²) in [4.78, 5) is 12.7. The molecule has 0 spiro atoms. The van der Waals surface area contributed by atoms with Crippen molar-refractivity contribution < 1.29 is 13.6 Å². The summed E-state index contributed by atoms with van der Waals surface area (Å²) in [5.74, 6) is 0.153. The van der Waals surface area contributed by atoms with Crippen molar-refractivity contribution in [3.63, 3.8) is 0 Å². The summed E-state index contributed by atoms with van der Waals surface area (Å²) in [6.07, 6.45) is 0.917. The van der Waals surface area contributed by atoms with Crippen molar-refractivity contribution in [2.75, 3.05) is 5.32 Å². The average Bonchev–Trinajstić information content (AvgIpc) is 3.29. The van der Waals surface area contributed by atoms with Crippen LogP contribution in [0.5, 0.6) is 0 Å². The van der Waals surface area contributed by atoms with Crippen LogP contribution in [0.15, 0.2) is 83.3 Å². The molecule has 1 aromatic heterocycles. The van der Waals surface area contributed by atoms with E-state index in [1.807, 2.05) is 54.6 Å². The topological polar surface area (TPSA) is 80.0 Å². The van der Waals surface area contributed by atoms with Crippen LogP contribution in [0.25, 0.3) is 11.5 Å². The molecule has 1 heterocycles. The zero-order valence-electron chi connectivity index (χ0n) is 16.9. The molecule has 7 heteroatoms. The zero-order chi connectivity index (χ0) is 21.6. The number of nitrogens with zero attached hydrogens (tertiary/aromatic N) is 2. The number of carbonyl (C=O) groups excluding carboxylic acids is 1. The van der Waals surface area contributed by atoms with Crippen LogP contribution in [0.1, 0.15) is 30.0 Å². The Morgan fingerprint density at radius 3 is 2.35 bits per heavy atom. The molecule has 0 fully saturated rings. The van der Waals surface area contributed by atoms with Gasteiger partial charge in [-0.2, -0.15) is 0 Å². The number of aryl methyl sites for hydroxylation is 1. The number of nitrogens with one attached hydrogen (secondary N) is 2. The van der Waals surface area contributed by atoms with Gasteiger partial charge in [0.25, 0.3) is 0 Å². The van der Waals surface area contributed by atoms with E-state index in [-0.39, 0.29) is 11.7 Å². The van der Waals surface area contributed by atoms with E-state index in [9.17, 15) is 9.18 Å². The zero-order valence-corrected chi connectivity index (χ0v) is 16.9. The predicted molar refractivity (Wildman–Crippen MR) is 116 cm³/mol. The van der Waals surface area contributed by atoms with Crippen molar-refractivity contribution in [2.45, 2.75) is 19.4 Å². The normalized spacial score (nSPS) is 11.7. The molecular formula is C24H21FN4O2. The molecule has 1 atom stereocenters. The number of halogens is 1. The molecule has 0 aliphatic heterocycles. The number of urea groups is 1. The number of benzene rings is 3. The van der Waals surface area contributed by atoms with Crippen molar-refractivity contribution >= 4 is 11.7 Å². The predicted octanol–water partition coefficient (Wildman–Crippen LogP) is 5.35. The number of rotatable bonds is 6. The molecule has 0 saturated heterocycles. The van der Waals surface area contributed by atoms with Gasteiger partial charge in [-0.15, -0.1) is 10.2 Å². The fraction of sp³-hybridized carbons (Fsp3) is 0.125. The molecule has 0 aliphatic carbocycles. The third-order valence-corrected chi connectivity index (χ3v) is 4.81. The Morgan fingerprint density at radius 1 is 0.968 bits per heavy atom. The largest absolute Gasteiger partial charge is 0.418 e. The molecule has 0 bridgehead atoms. The van der Waals surface area contributed by atoms with Gasteiger partial charge < -0.3 is 15.1 Å². The summed E-state index contributed by atoms with van der Waals surface area (Å²) in [5, 5.41) is 13.9. The quantitative estimate of drug-likeness (QED) is 0.444. The van der Waals surface area contributed by atoms with Crippen molar-refractivity contribution in [3.8, 4) is 11.5 Å². The second-order valence-electron chi connectivity index (χ2n) is 6.94. The lowest BCUT2D eigenvalue weighted by Crippen LogP contribution is -2.33. The van der Waals surface area contributed by atoms with E-state index in [0.717, 1.165) is 12.0 Å². The summed E-state index contributed by atoms with van der Waals surface area (Å²) in [6.45, 7) is 2.07. The van der Waals surface area contributed by atoms with Gasteiger partial charge in [-0.05, 0) is 53.9 Å². The Hall–Kier alpha value is -4.00. The maximum absolute atomic E-state index is 13.4. The molecule has 0 radical (unpaired) electrons. The van der Waals surface area contributed by atoms with Crippen LogP contribution in [0.2, 0.25) is 0 Å². The van der Waals surface area contributed by atoms with Crippen molar-refractivity contribution in [1.29, 1.82) is 0 Å². The van der Waals surface area contributed by atoms with Gasteiger partial charge in [0.2, 0.25) is 11.8 Å². The average molecular weight is 416 g/mol. The Balaban J connectivity index is 1.58. The van der Waals surface area contributed by atoms with Crippen LogP contribution in [0.4, 0.5) is 14.9 Å². The summed E-state index contributed by atoms with van der Waals surface area (Å²) in [5.41, 5.74) is 3.21. The minimum atomic E-state index is -0.750. The molecule has 6 nitrogen and oxygen atoms in total. The molecule has 0 unspecified atom stereocenters. The lowest BCUT2D eigenvalue weighted by molar-refractivity contribution is 0.248. The first-order chi connectivity index (χ1) is 15.1. The molecule has 2 amide bonds. The monoisotopic (exact) mass is 416 g/mol. The number of hydrogen-bond acceptors (Lipinski definition) is 4. The number of anilines is 1. The van der Waals surface area contributed by atoms with E-state index < -0.39 is 12.1 Å². The van der Waals surface area contributed by atoms with Crippen LogP contribution < -0.4 is 10.6 Å². The second kappa shape index (κ2) is 9.21. The fourth-order valence-electron chi connectivity index (χ4n) is 3.11. The number of carbonyl (C=O) groups is 1. The highest BCUT2D eigenvalue weighted by atomic mass is 19.1. The van der Waals surface area contributed by atoms with Gasteiger partial charge in [-0.25, -0.2) is 9.18 Å². The Labute approximate surface area is 179 Å². The summed E-state index contributed by atoms with van der Waals surface area (Å²) in [6, 6.07) is 21.5. The lowest BCUT2D eigenvalue weighted by Gasteiger charge is -2.16. The van der Waals surface area contributed by atoms with Gasteiger partial charge in [0.15, 0.2) is 0 Å². The van der Waals surface area contributed by atoms with E-state index in [1.54, 1.807) is 12.1 Å². The smallest absolute Gasteiger partial charge is 0.320 e. The first-order valence-corrected chi connectivity index (χ1v) is 9.93. The molecule has 0 aliphatic rings. The maximum Gasteiger partial charge on any atom is 0.320 e. The van der Waals surface area contributed by atoms with Gasteiger partial charge in [0.05, 0.1) is 0 Å². The molecule has 156 valence electrons. The van der Waals surface area contributed by atoms with Gasteiger partial charge >= 0.3 is 6.03 Å². The van der Waals surface area contributed by atoms with Crippen LogP contribution in [-0.4, -0.2) is 16.2 Å². The van der Waals surface area contributed by atoms with Crippen molar-refractivity contribution in [3.05, 3.63) is 102 Å². The minimum Gasteiger partial charge on any atom is -0.418 e. The Kier molecular flexibility index (Phi) is 6.03. The van der Waals surface area contributed by atoms with Crippen LogP contribution in [0.3, 0.4) is 0 Å². The molecule has 4 rings (SSSR count). The molecule has 31 heavy (non-hydrogen) atoms. The third-order valence-electron chi connectivity index (χ3n) is 4.81. The fourth-order valence-corrected chi connectivity index (χ4v) is 3.11. The van der Waals surface area contributed by atoms with Crippen LogP contribution in [-0.2, 0) is 6.42 Å². The van der Waals surface area contributed by atoms with Crippen molar-refractivity contribution in [1.82, 2.24) is 15.5 Å². The lowest BCUT2D eigenvalue weighted by atomic mass is 10.1. The molecular weight excluding hydrogens is 395 g/mol. The van der Waals surface area contributed by atoms with Gasteiger partial charge in [-0.3, -0.25) is 0 Å². The second-order valence-corrected chi connectivity index (χ2v) is 6.94. The summed E-state index contributed by atoms with van der Waals surface area (Å²) < 4.78 is 19.3. The maximum atomic E-state index is 13.4. The van der Waals surface area contributed by atoms with E-state index >= 15 is 0 Å². The van der Waals surface area contributed by atoms with Gasteiger partial charge in [0, 0.05) is 11.3 Å². The van der Waals surface area contributed by atoms with E-state index in [4.69, 9.17) is 4.42 Å². The molecule has 4 aromatic rings.